The Hall–Kier alpha value is -7.14. The maximum absolute atomic E-state index is 13.1. The van der Waals surface area contributed by atoms with Crippen LogP contribution in [-0.4, -0.2) is 96.7 Å². The molecule has 0 aliphatic carbocycles. The second-order valence-electron chi connectivity index (χ2n) is 26.2. The number of phosphoric acid groups is 2. The van der Waals surface area contributed by atoms with Gasteiger partial charge in [-0.1, -0.05) is 284 Å². The van der Waals surface area contributed by atoms with E-state index in [0.717, 1.165) is 167 Å². The summed E-state index contributed by atoms with van der Waals surface area (Å²) >= 11 is 0. The van der Waals surface area contributed by atoms with E-state index in [1.807, 2.05) is 24.3 Å². The Bertz CT molecular complexity index is 2880. The first-order valence-corrected chi connectivity index (χ1v) is 44.3. The van der Waals surface area contributed by atoms with Crippen LogP contribution in [0.4, 0.5) is 0 Å². The average molecular weight is 1590 g/mol. The summed E-state index contributed by atoms with van der Waals surface area (Å²) in [5.41, 5.74) is 0. The van der Waals surface area contributed by atoms with Crippen LogP contribution in [0.15, 0.2) is 243 Å². The van der Waals surface area contributed by atoms with Gasteiger partial charge in [-0.2, -0.15) is 0 Å². The van der Waals surface area contributed by atoms with E-state index in [4.69, 9.17) is 37.0 Å². The normalized spacial score (nSPS) is 15.0. The molecule has 0 heterocycles. The van der Waals surface area contributed by atoms with Gasteiger partial charge in [-0.05, 0) is 193 Å². The number of rotatable bonds is 74. The predicted molar refractivity (Wildman–Crippen MR) is 463 cm³/mol. The number of aliphatic hydroxyl groups excluding tert-OH is 1. The minimum atomic E-state index is -5.03. The zero-order valence-corrected chi connectivity index (χ0v) is 70.3. The van der Waals surface area contributed by atoms with Crippen LogP contribution in [0.5, 0.6) is 0 Å². The molecule has 0 radical (unpaired) electrons. The van der Waals surface area contributed by atoms with Crippen LogP contribution in [0, 0.1) is 0 Å². The second kappa shape index (κ2) is 81.9. The maximum atomic E-state index is 13.1. The minimum Gasteiger partial charge on any atom is -0.462 e. The molecule has 3 N–H and O–H groups in total. The number of hydrogen-bond donors (Lipinski definition) is 3. The molecular formula is C93H142O17P2. The molecule has 4 unspecified atom stereocenters. The Morgan fingerprint density at radius 2 is 0.446 bits per heavy atom. The molecule has 0 saturated carbocycles. The third-order valence-corrected chi connectivity index (χ3v) is 17.7. The fourth-order valence-electron chi connectivity index (χ4n) is 9.70. The molecule has 19 heteroatoms. The maximum Gasteiger partial charge on any atom is 0.472 e. The van der Waals surface area contributed by atoms with Gasteiger partial charge in [-0.25, -0.2) is 9.13 Å². The van der Waals surface area contributed by atoms with E-state index >= 15 is 0 Å². The number of carbonyl (C=O) groups excluding carboxylic acids is 4. The Morgan fingerprint density at radius 3 is 0.679 bits per heavy atom. The summed E-state index contributed by atoms with van der Waals surface area (Å²) in [6.07, 6.45) is 107. The number of phosphoric ester groups is 2. The van der Waals surface area contributed by atoms with Gasteiger partial charge in [-0.3, -0.25) is 37.3 Å². The molecule has 0 spiro atoms. The van der Waals surface area contributed by atoms with E-state index in [1.165, 1.54) is 0 Å². The van der Waals surface area contributed by atoms with Gasteiger partial charge in [0, 0.05) is 25.7 Å². The Labute approximate surface area is 676 Å². The highest BCUT2D eigenvalue weighted by atomic mass is 31.2. The molecule has 0 bridgehead atoms. The fourth-order valence-corrected chi connectivity index (χ4v) is 11.3. The second-order valence-corrected chi connectivity index (χ2v) is 29.1. The van der Waals surface area contributed by atoms with Gasteiger partial charge < -0.3 is 33.8 Å². The van der Waals surface area contributed by atoms with Crippen LogP contribution in [-0.2, 0) is 65.4 Å². The first-order chi connectivity index (χ1) is 54.7. The van der Waals surface area contributed by atoms with Gasteiger partial charge in [0.2, 0.25) is 0 Å². The average Bonchev–Trinajstić information content (AvgIpc) is 0.895. The number of allylic oxidation sites excluding steroid dienone is 40. The molecule has 0 aliphatic rings. The zero-order valence-electron chi connectivity index (χ0n) is 68.5. The first kappa shape index (κ1) is 105. The lowest BCUT2D eigenvalue weighted by Gasteiger charge is -2.21. The number of hydrogen-bond acceptors (Lipinski definition) is 15. The topological polar surface area (TPSA) is 237 Å². The standard InChI is InChI=1S/C93H142O17P2/c1-5-9-13-17-21-25-29-33-37-41-43-47-49-53-57-61-65-69-73-77-90(95)103-83-88(109-92(97)79-75-71-67-63-59-55-51-45-39-35-31-27-23-19-15-11-7-3)85-107-111(99,100)105-81-87(94)82-106-112(101,102)108-86-89(110-93(98)80-76-72-68-64-60-56-52-46-40-36-32-28-24-20-16-12-8-4)84-104-91(96)78-74-70-66-62-58-54-50-48-44-42-38-34-30-26-22-18-14-10-6-2/h9-16,21-28,33-40,43-44,47-48,51-58,63-64,67-68,87-89,94H,5-8,17-20,29-32,41-42,45-46,49-50,59-62,65-66,69-86H2,1-4H3,(H,99,100)(H,101,102)/b13-9-,14-10-,15-11-,16-12-,25-21-,26-22-,27-23-,28-24-,37-33-,38-34-,39-35-,40-36-,47-43-,48-44-,55-51-,56-52-,57-53-,58-54-,67-63-,68-64-. The van der Waals surface area contributed by atoms with Crippen molar-refractivity contribution in [2.24, 2.45) is 0 Å². The van der Waals surface area contributed by atoms with E-state index in [1.54, 1.807) is 0 Å². The van der Waals surface area contributed by atoms with Crippen molar-refractivity contribution in [2.75, 3.05) is 39.6 Å². The van der Waals surface area contributed by atoms with E-state index < -0.39 is 97.5 Å². The van der Waals surface area contributed by atoms with Crippen molar-refractivity contribution in [3.8, 4) is 0 Å². The van der Waals surface area contributed by atoms with Crippen LogP contribution in [0.2, 0.25) is 0 Å². The molecule has 17 nitrogen and oxygen atoms in total. The van der Waals surface area contributed by atoms with Gasteiger partial charge in [0.05, 0.1) is 26.4 Å². The third kappa shape index (κ3) is 80.9. The highest BCUT2D eigenvalue weighted by Gasteiger charge is 2.30. The van der Waals surface area contributed by atoms with Gasteiger partial charge in [0.1, 0.15) is 19.3 Å². The zero-order chi connectivity index (χ0) is 81.7. The van der Waals surface area contributed by atoms with Crippen molar-refractivity contribution >= 4 is 39.5 Å². The lowest BCUT2D eigenvalue weighted by molar-refractivity contribution is -0.161. The van der Waals surface area contributed by atoms with Crippen LogP contribution >= 0.6 is 15.6 Å². The van der Waals surface area contributed by atoms with E-state index in [9.17, 15) is 43.2 Å². The monoisotopic (exact) mass is 1590 g/mol. The van der Waals surface area contributed by atoms with Crippen molar-refractivity contribution in [3.05, 3.63) is 243 Å². The largest absolute Gasteiger partial charge is 0.472 e. The summed E-state index contributed by atoms with van der Waals surface area (Å²) in [5.74, 6) is -2.42. The number of aliphatic hydroxyl groups is 1. The van der Waals surface area contributed by atoms with Crippen molar-refractivity contribution in [1.82, 2.24) is 0 Å². The molecule has 0 rings (SSSR count). The highest BCUT2D eigenvalue weighted by molar-refractivity contribution is 7.47. The van der Waals surface area contributed by atoms with Crippen LogP contribution in [0.25, 0.3) is 0 Å². The molecule has 112 heavy (non-hydrogen) atoms. The summed E-state index contributed by atoms with van der Waals surface area (Å²) in [7, 11) is -10.1. The number of ether oxygens (including phenoxy) is 4. The molecule has 0 aromatic rings. The lowest BCUT2D eigenvalue weighted by atomic mass is 10.1. The molecule has 626 valence electrons. The van der Waals surface area contributed by atoms with Gasteiger partial charge >= 0.3 is 39.5 Å². The van der Waals surface area contributed by atoms with Gasteiger partial charge in [0.25, 0.3) is 0 Å². The van der Waals surface area contributed by atoms with Gasteiger partial charge in [-0.15, -0.1) is 0 Å². The van der Waals surface area contributed by atoms with E-state index in [-0.39, 0.29) is 25.7 Å². The molecule has 0 saturated heterocycles. The molecule has 0 aliphatic heterocycles. The first-order valence-electron chi connectivity index (χ1n) is 41.3. The number of carbonyl (C=O) groups is 4. The van der Waals surface area contributed by atoms with Crippen molar-refractivity contribution < 1.29 is 80.2 Å². The smallest absolute Gasteiger partial charge is 0.462 e. The molecule has 0 amide bonds. The molecule has 4 atom stereocenters. The van der Waals surface area contributed by atoms with Crippen LogP contribution in [0.1, 0.15) is 259 Å². The molecule has 0 fully saturated rings. The van der Waals surface area contributed by atoms with Crippen LogP contribution < -0.4 is 0 Å². The third-order valence-electron chi connectivity index (χ3n) is 15.8. The van der Waals surface area contributed by atoms with Gasteiger partial charge in [0.15, 0.2) is 12.2 Å². The Morgan fingerprint density at radius 1 is 0.250 bits per heavy atom. The molecule has 0 aromatic heterocycles. The summed E-state index contributed by atoms with van der Waals surface area (Å²) in [6, 6.07) is 0. The van der Waals surface area contributed by atoms with E-state index in [0.29, 0.717) is 38.5 Å². The Kier molecular flexibility index (Phi) is 76.6. The van der Waals surface area contributed by atoms with E-state index in [2.05, 4.69) is 246 Å². The Balaban J connectivity index is 5.59. The molecule has 0 aromatic carbocycles. The minimum absolute atomic E-state index is 0.00486. The van der Waals surface area contributed by atoms with Crippen molar-refractivity contribution in [2.45, 2.75) is 277 Å². The molecular weight excluding hydrogens is 1450 g/mol. The number of unbranched alkanes of at least 4 members (excludes halogenated alkanes) is 8. The SMILES string of the molecule is CC/C=C\C/C=C\C/C=C\C/C=C\C/C=C\CCCCCC(=O)OCC(COP(=O)(O)OCC(O)COP(=O)(O)OCC(COC(=O)CCCCC/C=C\C/C=C\C/C=C\C/C=C\C/C=C\CC)OC(=O)CCC/C=C\C/C=C\C/C=C\C/C=C\C/C=C\CC)OC(=O)CCC/C=C\C/C=C\C/C=C\C/C=C\C/C=C\CC. The summed E-state index contributed by atoms with van der Waals surface area (Å²) < 4.78 is 68.6. The summed E-state index contributed by atoms with van der Waals surface area (Å²) in [5, 5.41) is 10.7. The fraction of sp³-hybridized carbons (Fsp3) is 0.527. The summed E-state index contributed by atoms with van der Waals surface area (Å²) in [6.45, 7) is 4.16. The highest BCUT2D eigenvalue weighted by Crippen LogP contribution is 2.45. The lowest BCUT2D eigenvalue weighted by Crippen LogP contribution is -2.30. The number of esters is 4. The van der Waals surface area contributed by atoms with Crippen molar-refractivity contribution in [3.63, 3.8) is 0 Å². The van der Waals surface area contributed by atoms with Crippen molar-refractivity contribution in [1.29, 1.82) is 0 Å². The summed E-state index contributed by atoms with van der Waals surface area (Å²) in [4.78, 5) is 73.2. The predicted octanol–water partition coefficient (Wildman–Crippen LogP) is 24.8. The quantitative estimate of drug-likeness (QED) is 0.0169. The van der Waals surface area contributed by atoms with Crippen LogP contribution in [0.3, 0.4) is 0 Å².